The van der Waals surface area contributed by atoms with Gasteiger partial charge in [0.05, 0.1) is 4.90 Å². The number of sulfonamides is 1. The minimum absolute atomic E-state index is 0.00906. The molecule has 32 heavy (non-hydrogen) atoms. The van der Waals surface area contributed by atoms with Crippen LogP contribution in [0.15, 0.2) is 65.6 Å². The van der Waals surface area contributed by atoms with Crippen molar-refractivity contribution in [3.05, 3.63) is 66.2 Å². The van der Waals surface area contributed by atoms with Gasteiger partial charge in [0.2, 0.25) is 10.0 Å². The molecule has 0 aliphatic carbocycles. The van der Waals surface area contributed by atoms with Gasteiger partial charge in [-0.2, -0.15) is 16.5 Å². The number of thioether (sulfide) groups is 1. The topological polar surface area (TPSA) is 131 Å². The molecule has 1 unspecified atom stereocenters. The predicted molar refractivity (Wildman–Crippen MR) is 121 cm³/mol. The number of amides is 3. The number of hydrogen-bond acceptors (Lipinski definition) is 7. The summed E-state index contributed by atoms with van der Waals surface area (Å²) in [5, 5.41) is 4.56. The Morgan fingerprint density at radius 2 is 1.62 bits per heavy atom. The van der Waals surface area contributed by atoms with Crippen LogP contribution in [0.2, 0.25) is 0 Å². The number of hydrogen-bond donors (Lipinski definition) is 3. The number of nitrogens with one attached hydrogen (secondary N) is 3. The first-order valence-electron chi connectivity index (χ1n) is 9.66. The molecule has 172 valence electrons. The van der Waals surface area contributed by atoms with E-state index in [-0.39, 0.29) is 17.9 Å². The van der Waals surface area contributed by atoms with Crippen LogP contribution in [0, 0.1) is 0 Å². The first-order chi connectivity index (χ1) is 15.3. The number of carbonyl (C=O) groups excluding carboxylic acids is 3. The second-order valence-electron chi connectivity index (χ2n) is 6.59. The number of esters is 1. The molecular weight excluding hydrogens is 454 g/mol. The van der Waals surface area contributed by atoms with Crippen molar-refractivity contribution >= 4 is 39.7 Å². The number of benzene rings is 2. The maximum atomic E-state index is 12.5. The van der Waals surface area contributed by atoms with E-state index in [0.717, 1.165) is 5.56 Å². The summed E-state index contributed by atoms with van der Waals surface area (Å²) in [5.74, 6) is -1.25. The highest BCUT2D eigenvalue weighted by atomic mass is 32.2. The van der Waals surface area contributed by atoms with Crippen molar-refractivity contribution in [1.82, 2.24) is 15.4 Å². The quantitative estimate of drug-likeness (QED) is 0.418. The van der Waals surface area contributed by atoms with E-state index < -0.39 is 40.6 Å². The summed E-state index contributed by atoms with van der Waals surface area (Å²) in [6.07, 6.45) is 1.99. The average molecular weight is 480 g/mol. The van der Waals surface area contributed by atoms with Crippen molar-refractivity contribution in [2.24, 2.45) is 0 Å². The fourth-order valence-electron chi connectivity index (χ4n) is 2.54. The molecule has 2 aromatic carbocycles. The van der Waals surface area contributed by atoms with Gasteiger partial charge < -0.3 is 10.1 Å². The lowest BCUT2D eigenvalue weighted by Crippen LogP contribution is -2.44. The Bertz CT molecular complexity index is 1000. The molecule has 1 atom stereocenters. The van der Waals surface area contributed by atoms with Crippen molar-refractivity contribution in [2.45, 2.75) is 23.9 Å². The third kappa shape index (κ3) is 8.69. The number of ether oxygens (including phenoxy) is 1. The number of rotatable bonds is 11. The molecule has 0 bridgehead atoms. The number of urea groups is 1. The molecule has 0 aliphatic rings. The van der Waals surface area contributed by atoms with Crippen molar-refractivity contribution in [3.63, 3.8) is 0 Å². The van der Waals surface area contributed by atoms with Crippen LogP contribution in [0.3, 0.4) is 0 Å². The Hall–Kier alpha value is -2.89. The zero-order valence-electron chi connectivity index (χ0n) is 17.4. The van der Waals surface area contributed by atoms with Crippen LogP contribution in [0.4, 0.5) is 4.79 Å². The summed E-state index contributed by atoms with van der Waals surface area (Å²) < 4.78 is 32.3. The lowest BCUT2D eigenvalue weighted by molar-refractivity contribution is -0.150. The highest BCUT2D eigenvalue weighted by molar-refractivity contribution is 7.98. The Labute approximate surface area is 191 Å². The standard InChI is InChI=1S/C21H25N3O6S2/c1-31-13-12-18(24-32(28,29)17-10-6-3-7-11-17)20(26)30-15-19(25)23-21(27)22-14-16-8-4-2-5-9-16/h2-11,18,24H,12-15H2,1H3,(H2,22,23,25,27). The second-order valence-corrected chi connectivity index (χ2v) is 9.29. The van der Waals surface area contributed by atoms with Gasteiger partial charge in [0.25, 0.3) is 5.91 Å². The molecule has 0 spiro atoms. The van der Waals surface area contributed by atoms with E-state index in [4.69, 9.17) is 4.74 Å². The first-order valence-corrected chi connectivity index (χ1v) is 12.5. The molecule has 2 aromatic rings. The molecule has 0 radical (unpaired) electrons. The summed E-state index contributed by atoms with van der Waals surface area (Å²) >= 11 is 1.43. The molecule has 2 rings (SSSR count). The molecule has 0 aliphatic heterocycles. The number of imide groups is 1. The highest BCUT2D eigenvalue weighted by Gasteiger charge is 2.27. The minimum Gasteiger partial charge on any atom is -0.454 e. The third-order valence-corrected chi connectivity index (χ3v) is 6.27. The molecule has 3 amide bonds. The molecule has 0 heterocycles. The first kappa shape index (κ1) is 25.4. The van der Waals surface area contributed by atoms with Crippen LogP contribution in [0.25, 0.3) is 0 Å². The van der Waals surface area contributed by atoms with Gasteiger partial charge >= 0.3 is 12.0 Å². The Morgan fingerprint density at radius 1 is 1.00 bits per heavy atom. The molecular formula is C21H25N3O6S2. The van der Waals surface area contributed by atoms with Gasteiger partial charge in [0.1, 0.15) is 6.04 Å². The molecule has 9 nitrogen and oxygen atoms in total. The summed E-state index contributed by atoms with van der Waals surface area (Å²) in [5.41, 5.74) is 0.851. The van der Waals surface area contributed by atoms with Crippen LogP contribution in [0.5, 0.6) is 0 Å². The van der Waals surface area contributed by atoms with Crippen LogP contribution >= 0.6 is 11.8 Å². The third-order valence-electron chi connectivity index (χ3n) is 4.14. The molecule has 11 heteroatoms. The molecule has 0 saturated carbocycles. The van der Waals surface area contributed by atoms with E-state index >= 15 is 0 Å². The maximum absolute atomic E-state index is 12.5. The molecule has 0 aromatic heterocycles. The Kier molecular flexibility index (Phi) is 10.2. The van der Waals surface area contributed by atoms with E-state index in [0.29, 0.717) is 5.75 Å². The van der Waals surface area contributed by atoms with Gasteiger partial charge in [-0.3, -0.25) is 14.9 Å². The predicted octanol–water partition coefficient (Wildman–Crippen LogP) is 1.66. The van der Waals surface area contributed by atoms with Crippen molar-refractivity contribution in [2.75, 3.05) is 18.6 Å². The fraction of sp³-hybridized carbons (Fsp3) is 0.286. The molecule has 0 fully saturated rings. The summed E-state index contributed by atoms with van der Waals surface area (Å²) in [4.78, 5) is 36.2. The van der Waals surface area contributed by atoms with Crippen molar-refractivity contribution in [3.8, 4) is 0 Å². The summed E-state index contributed by atoms with van der Waals surface area (Å²) in [6, 6.07) is 14.8. The monoisotopic (exact) mass is 479 g/mol. The normalized spacial score (nSPS) is 11.9. The minimum atomic E-state index is -3.95. The zero-order valence-corrected chi connectivity index (χ0v) is 19.1. The van der Waals surface area contributed by atoms with Crippen LogP contribution in [0.1, 0.15) is 12.0 Å². The van der Waals surface area contributed by atoms with Gasteiger partial charge in [-0.1, -0.05) is 48.5 Å². The van der Waals surface area contributed by atoms with Gasteiger partial charge in [0, 0.05) is 6.54 Å². The van der Waals surface area contributed by atoms with Crippen LogP contribution in [-0.2, 0) is 30.9 Å². The van der Waals surface area contributed by atoms with E-state index in [9.17, 15) is 22.8 Å². The lowest BCUT2D eigenvalue weighted by atomic mass is 10.2. The smallest absolute Gasteiger partial charge is 0.324 e. The van der Waals surface area contributed by atoms with E-state index in [1.54, 1.807) is 18.2 Å². The summed E-state index contributed by atoms with van der Waals surface area (Å²) in [6.45, 7) is -0.502. The Morgan fingerprint density at radius 3 is 2.25 bits per heavy atom. The largest absolute Gasteiger partial charge is 0.454 e. The van der Waals surface area contributed by atoms with E-state index in [2.05, 4.69) is 15.4 Å². The van der Waals surface area contributed by atoms with Crippen molar-refractivity contribution < 1.29 is 27.5 Å². The van der Waals surface area contributed by atoms with Crippen LogP contribution in [-0.4, -0.2) is 51.0 Å². The highest BCUT2D eigenvalue weighted by Crippen LogP contribution is 2.11. The fourth-order valence-corrected chi connectivity index (χ4v) is 4.25. The second kappa shape index (κ2) is 12.8. The van der Waals surface area contributed by atoms with Crippen LogP contribution < -0.4 is 15.4 Å². The van der Waals surface area contributed by atoms with Gasteiger partial charge in [-0.15, -0.1) is 0 Å². The van der Waals surface area contributed by atoms with Gasteiger partial charge in [-0.25, -0.2) is 13.2 Å². The molecule has 3 N–H and O–H groups in total. The summed E-state index contributed by atoms with van der Waals surface area (Å²) in [7, 11) is -3.95. The maximum Gasteiger partial charge on any atom is 0.324 e. The SMILES string of the molecule is CSCCC(NS(=O)(=O)c1ccccc1)C(=O)OCC(=O)NC(=O)NCc1ccccc1. The van der Waals surface area contributed by atoms with Gasteiger partial charge in [-0.05, 0) is 36.1 Å². The average Bonchev–Trinajstić information content (AvgIpc) is 2.80. The van der Waals surface area contributed by atoms with E-state index in [1.807, 2.05) is 36.6 Å². The zero-order chi connectivity index (χ0) is 23.4. The lowest BCUT2D eigenvalue weighted by Gasteiger charge is -2.17. The number of carbonyl (C=O) groups is 3. The van der Waals surface area contributed by atoms with Crippen molar-refractivity contribution in [1.29, 1.82) is 0 Å². The van der Waals surface area contributed by atoms with Gasteiger partial charge in [0.15, 0.2) is 6.61 Å². The molecule has 0 saturated heterocycles. The van der Waals surface area contributed by atoms with E-state index in [1.165, 1.54) is 23.9 Å². The Balaban J connectivity index is 1.86.